The predicted octanol–water partition coefficient (Wildman–Crippen LogP) is 4.22. The second-order valence-electron chi connectivity index (χ2n) is 5.18. The fraction of sp³-hybridized carbons (Fsp3) is 0.294. The first-order valence-electron chi connectivity index (χ1n) is 6.83. The third-order valence-corrected chi connectivity index (χ3v) is 4.14. The van der Waals surface area contributed by atoms with Gasteiger partial charge in [0.15, 0.2) is 0 Å². The molecule has 2 aromatic rings. The minimum Gasteiger partial charge on any atom is -0.316 e. The van der Waals surface area contributed by atoms with E-state index in [9.17, 15) is 0 Å². The van der Waals surface area contributed by atoms with Gasteiger partial charge in [0.05, 0.1) is 0 Å². The minimum absolute atomic E-state index is 0.839. The number of nitrogens with one attached hydrogen (secondary N) is 1. The summed E-state index contributed by atoms with van der Waals surface area (Å²) in [5.74, 6) is 0. The number of halogens is 1. The first-order valence-corrected chi connectivity index (χ1v) is 7.21. The number of fused-ring (bicyclic) bond motifs is 1. The van der Waals surface area contributed by atoms with Crippen molar-refractivity contribution in [3.05, 3.63) is 58.1 Å². The lowest BCUT2D eigenvalue weighted by molar-refractivity contribution is 0.818. The van der Waals surface area contributed by atoms with Crippen molar-refractivity contribution >= 4 is 11.6 Å². The summed E-state index contributed by atoms with van der Waals surface area (Å²) in [4.78, 5) is 0. The van der Waals surface area contributed by atoms with Gasteiger partial charge in [0.25, 0.3) is 0 Å². The maximum atomic E-state index is 6.42. The molecule has 0 bridgehead atoms. The highest BCUT2D eigenvalue weighted by Gasteiger charge is 2.12. The average Bonchev–Trinajstić information content (AvgIpc) is 2.86. The summed E-state index contributed by atoms with van der Waals surface area (Å²) in [5, 5.41) is 3.98. The maximum absolute atomic E-state index is 6.42. The predicted molar refractivity (Wildman–Crippen MR) is 81.7 cm³/mol. The molecular weight excluding hydrogens is 254 g/mol. The summed E-state index contributed by atoms with van der Waals surface area (Å²) in [6.07, 6.45) is 3.72. The van der Waals surface area contributed by atoms with Gasteiger partial charge in [-0.1, -0.05) is 41.9 Å². The fourth-order valence-electron chi connectivity index (χ4n) is 2.85. The zero-order valence-electron chi connectivity index (χ0n) is 11.2. The molecule has 2 aromatic carbocycles. The summed E-state index contributed by atoms with van der Waals surface area (Å²) in [6.45, 7) is 0.851. The van der Waals surface area contributed by atoms with Crippen LogP contribution in [0.5, 0.6) is 0 Å². The molecule has 19 heavy (non-hydrogen) atoms. The van der Waals surface area contributed by atoms with Crippen LogP contribution in [0, 0.1) is 0 Å². The number of benzene rings is 2. The van der Waals surface area contributed by atoms with Gasteiger partial charge in [-0.2, -0.15) is 0 Å². The van der Waals surface area contributed by atoms with Crippen LogP contribution in [0.2, 0.25) is 5.02 Å². The Morgan fingerprint density at radius 3 is 2.68 bits per heavy atom. The van der Waals surface area contributed by atoms with E-state index in [-0.39, 0.29) is 0 Å². The molecule has 0 unspecified atom stereocenters. The Labute approximate surface area is 119 Å². The lowest BCUT2D eigenvalue weighted by atomic mass is 9.99. The van der Waals surface area contributed by atoms with E-state index < -0.39 is 0 Å². The van der Waals surface area contributed by atoms with Crippen molar-refractivity contribution in [1.29, 1.82) is 0 Å². The molecule has 0 radical (unpaired) electrons. The van der Waals surface area contributed by atoms with Crippen LogP contribution in [-0.4, -0.2) is 7.05 Å². The van der Waals surface area contributed by atoms with Gasteiger partial charge in [-0.3, -0.25) is 0 Å². The monoisotopic (exact) mass is 271 g/mol. The molecule has 0 fully saturated rings. The van der Waals surface area contributed by atoms with E-state index in [0.717, 1.165) is 17.1 Å². The Balaban J connectivity index is 1.97. The highest BCUT2D eigenvalue weighted by Crippen LogP contribution is 2.32. The normalized spacial score (nSPS) is 13.6. The van der Waals surface area contributed by atoms with Gasteiger partial charge in [-0.25, -0.2) is 0 Å². The smallest absolute Gasteiger partial charge is 0.0487 e. The Hall–Kier alpha value is -1.31. The summed E-state index contributed by atoms with van der Waals surface area (Å²) < 4.78 is 0. The van der Waals surface area contributed by atoms with Crippen molar-refractivity contribution < 1.29 is 0 Å². The third-order valence-electron chi connectivity index (χ3n) is 3.82. The number of hydrogen-bond donors (Lipinski definition) is 1. The van der Waals surface area contributed by atoms with Crippen molar-refractivity contribution in [3.8, 4) is 11.1 Å². The van der Waals surface area contributed by atoms with E-state index in [4.69, 9.17) is 11.6 Å². The van der Waals surface area contributed by atoms with Crippen LogP contribution in [-0.2, 0) is 19.4 Å². The van der Waals surface area contributed by atoms with Crippen LogP contribution >= 0.6 is 11.6 Å². The highest BCUT2D eigenvalue weighted by atomic mass is 35.5. The van der Waals surface area contributed by atoms with Crippen LogP contribution in [0.4, 0.5) is 0 Å². The minimum atomic E-state index is 0.839. The second kappa shape index (κ2) is 5.36. The lowest BCUT2D eigenvalue weighted by Crippen LogP contribution is -2.04. The van der Waals surface area contributed by atoms with Gasteiger partial charge in [-0.05, 0) is 54.6 Å². The molecule has 0 saturated heterocycles. The molecule has 1 aliphatic rings. The van der Waals surface area contributed by atoms with Crippen LogP contribution in [0.1, 0.15) is 23.1 Å². The van der Waals surface area contributed by atoms with E-state index in [1.54, 1.807) is 0 Å². The number of aryl methyl sites for hydroxylation is 2. The zero-order chi connectivity index (χ0) is 13.2. The number of hydrogen-bond acceptors (Lipinski definition) is 1. The van der Waals surface area contributed by atoms with Gasteiger partial charge in [0.2, 0.25) is 0 Å². The lowest BCUT2D eigenvalue weighted by Gasteiger charge is -2.09. The van der Waals surface area contributed by atoms with E-state index in [1.807, 2.05) is 7.05 Å². The first-order chi connectivity index (χ1) is 9.28. The van der Waals surface area contributed by atoms with Gasteiger partial charge in [0.1, 0.15) is 0 Å². The molecular formula is C17H18ClN. The molecule has 98 valence electrons. The fourth-order valence-corrected chi connectivity index (χ4v) is 3.16. The zero-order valence-corrected chi connectivity index (χ0v) is 11.9. The van der Waals surface area contributed by atoms with Crippen LogP contribution in [0.25, 0.3) is 11.1 Å². The molecule has 1 nitrogen and oxygen atoms in total. The van der Waals surface area contributed by atoms with Crippen LogP contribution in [0.15, 0.2) is 36.4 Å². The summed E-state index contributed by atoms with van der Waals surface area (Å²) in [6, 6.07) is 13.1. The molecule has 0 aliphatic heterocycles. The second-order valence-corrected chi connectivity index (χ2v) is 5.59. The largest absolute Gasteiger partial charge is 0.316 e. The third kappa shape index (κ3) is 2.54. The van der Waals surface area contributed by atoms with Gasteiger partial charge >= 0.3 is 0 Å². The van der Waals surface area contributed by atoms with Gasteiger partial charge in [0, 0.05) is 17.1 Å². The van der Waals surface area contributed by atoms with Gasteiger partial charge < -0.3 is 5.32 Å². The Kier molecular flexibility index (Phi) is 3.58. The molecule has 0 amide bonds. The average molecular weight is 272 g/mol. The molecule has 1 aliphatic carbocycles. The topological polar surface area (TPSA) is 12.0 Å². The molecule has 0 aromatic heterocycles. The van der Waals surface area contributed by atoms with E-state index >= 15 is 0 Å². The van der Waals surface area contributed by atoms with Crippen molar-refractivity contribution in [3.63, 3.8) is 0 Å². The van der Waals surface area contributed by atoms with Crippen molar-refractivity contribution in [2.75, 3.05) is 7.05 Å². The Bertz CT molecular complexity index is 604. The molecule has 0 atom stereocenters. The number of rotatable bonds is 3. The molecule has 0 spiro atoms. The summed E-state index contributed by atoms with van der Waals surface area (Å²) in [5.41, 5.74) is 6.59. The molecule has 3 rings (SSSR count). The van der Waals surface area contributed by atoms with E-state index in [0.29, 0.717) is 0 Å². The highest BCUT2D eigenvalue weighted by molar-refractivity contribution is 6.33. The Morgan fingerprint density at radius 1 is 1.05 bits per heavy atom. The molecule has 1 N–H and O–H groups in total. The van der Waals surface area contributed by atoms with E-state index in [1.165, 1.54) is 41.5 Å². The molecule has 0 heterocycles. The molecule has 2 heteroatoms. The quantitative estimate of drug-likeness (QED) is 0.882. The van der Waals surface area contributed by atoms with Gasteiger partial charge in [-0.15, -0.1) is 0 Å². The Morgan fingerprint density at radius 2 is 1.89 bits per heavy atom. The maximum Gasteiger partial charge on any atom is 0.0487 e. The van der Waals surface area contributed by atoms with Crippen LogP contribution < -0.4 is 5.32 Å². The first kappa shape index (κ1) is 12.7. The summed E-state index contributed by atoms with van der Waals surface area (Å²) in [7, 11) is 1.95. The van der Waals surface area contributed by atoms with Crippen LogP contribution in [0.3, 0.4) is 0 Å². The van der Waals surface area contributed by atoms with E-state index in [2.05, 4.69) is 41.7 Å². The van der Waals surface area contributed by atoms with Crippen molar-refractivity contribution in [2.24, 2.45) is 0 Å². The summed E-state index contributed by atoms with van der Waals surface area (Å²) >= 11 is 6.42. The van der Waals surface area contributed by atoms with Crippen molar-refractivity contribution in [2.45, 2.75) is 25.8 Å². The SMILES string of the molecule is CNCc1ccc(-c2ccc3c(c2)CCC3)c(Cl)c1. The molecule has 0 saturated carbocycles. The van der Waals surface area contributed by atoms with Crippen molar-refractivity contribution in [1.82, 2.24) is 5.32 Å². The standard InChI is InChI=1S/C17H18ClN/c1-19-11-12-5-8-16(17(18)9-12)15-7-6-13-3-2-4-14(13)10-15/h5-10,19H,2-4,11H2,1H3.